The second-order valence-electron chi connectivity index (χ2n) is 5.80. The summed E-state index contributed by atoms with van der Waals surface area (Å²) in [6.45, 7) is 0.287. The normalized spacial score (nSPS) is 12.4. The molecule has 1 unspecified atom stereocenters. The molecule has 1 heterocycles. The highest BCUT2D eigenvalue weighted by Gasteiger charge is 2.10. The number of aromatic amines is 1. The van der Waals surface area contributed by atoms with Crippen LogP contribution < -0.4 is 10.9 Å². The Bertz CT molecular complexity index is 874. The van der Waals surface area contributed by atoms with E-state index in [2.05, 4.69) is 10.3 Å². The fourth-order valence-corrected chi connectivity index (χ4v) is 2.68. The van der Waals surface area contributed by atoms with Gasteiger partial charge in [-0.2, -0.15) is 0 Å². The summed E-state index contributed by atoms with van der Waals surface area (Å²) in [6, 6.07) is 15.4. The number of benzene rings is 2. The number of para-hydroxylation sites is 1. The molecular formula is C19H19FN2O2. The lowest BCUT2D eigenvalue weighted by Gasteiger charge is -2.16. The minimum absolute atomic E-state index is 0.0666. The molecule has 0 radical (unpaired) electrons. The number of fused-ring (bicyclic) bond motifs is 1. The molecule has 0 fully saturated rings. The number of aliphatic hydroxyl groups excluding tert-OH is 1. The summed E-state index contributed by atoms with van der Waals surface area (Å²) in [4.78, 5) is 15.0. The maximum atomic E-state index is 12.9. The predicted octanol–water partition coefficient (Wildman–Crippen LogP) is 2.36. The van der Waals surface area contributed by atoms with E-state index in [-0.39, 0.29) is 24.0 Å². The Balaban J connectivity index is 1.70. The summed E-state index contributed by atoms with van der Waals surface area (Å²) < 4.78 is 12.9. The molecule has 3 aromatic rings. The van der Waals surface area contributed by atoms with Gasteiger partial charge in [-0.15, -0.1) is 0 Å². The van der Waals surface area contributed by atoms with Gasteiger partial charge in [0.1, 0.15) is 5.82 Å². The highest BCUT2D eigenvalue weighted by atomic mass is 19.1. The van der Waals surface area contributed by atoms with E-state index in [1.54, 1.807) is 12.1 Å². The Hall–Kier alpha value is -2.50. The number of aliphatic hydroxyl groups is 1. The zero-order valence-corrected chi connectivity index (χ0v) is 13.1. The van der Waals surface area contributed by atoms with Crippen LogP contribution in [0.1, 0.15) is 11.1 Å². The Kier molecular flexibility index (Phi) is 5.03. The molecule has 124 valence electrons. The zero-order chi connectivity index (χ0) is 16.9. The maximum Gasteiger partial charge on any atom is 0.252 e. The monoisotopic (exact) mass is 326 g/mol. The number of H-pyrrole nitrogens is 1. The zero-order valence-electron chi connectivity index (χ0n) is 13.1. The van der Waals surface area contributed by atoms with Crippen molar-refractivity contribution in [3.8, 4) is 0 Å². The maximum absolute atomic E-state index is 12.9. The third-order valence-corrected chi connectivity index (χ3v) is 4.03. The summed E-state index contributed by atoms with van der Waals surface area (Å²) in [7, 11) is 0. The molecule has 24 heavy (non-hydrogen) atoms. The van der Waals surface area contributed by atoms with E-state index < -0.39 is 0 Å². The second kappa shape index (κ2) is 7.38. The highest BCUT2D eigenvalue weighted by molar-refractivity contribution is 5.78. The summed E-state index contributed by atoms with van der Waals surface area (Å²) in [5, 5.41) is 13.7. The first-order chi connectivity index (χ1) is 11.7. The molecule has 0 amide bonds. The number of halogens is 1. The lowest BCUT2D eigenvalue weighted by Crippen LogP contribution is -2.35. The van der Waals surface area contributed by atoms with Crippen molar-refractivity contribution in [3.63, 3.8) is 0 Å². The average Bonchev–Trinajstić information content (AvgIpc) is 2.60. The molecule has 4 nitrogen and oxygen atoms in total. The van der Waals surface area contributed by atoms with Gasteiger partial charge in [0, 0.05) is 23.7 Å². The highest BCUT2D eigenvalue weighted by Crippen LogP contribution is 2.10. The lowest BCUT2D eigenvalue weighted by atomic mass is 10.1. The van der Waals surface area contributed by atoms with Gasteiger partial charge >= 0.3 is 0 Å². The number of rotatable bonds is 6. The Labute approximate surface area is 139 Å². The number of hydrogen-bond acceptors (Lipinski definition) is 3. The van der Waals surface area contributed by atoms with E-state index in [0.717, 1.165) is 16.5 Å². The number of nitrogens with one attached hydrogen (secondary N) is 2. The number of hydrogen-bond donors (Lipinski definition) is 3. The molecule has 5 heteroatoms. The van der Waals surface area contributed by atoms with E-state index in [0.29, 0.717) is 18.5 Å². The third-order valence-electron chi connectivity index (χ3n) is 4.03. The first kappa shape index (κ1) is 16.4. The molecule has 0 aliphatic carbocycles. The smallest absolute Gasteiger partial charge is 0.252 e. The van der Waals surface area contributed by atoms with Crippen LogP contribution in [0, 0.1) is 5.82 Å². The van der Waals surface area contributed by atoms with Crippen molar-refractivity contribution < 1.29 is 9.50 Å². The molecule has 1 atom stereocenters. The van der Waals surface area contributed by atoms with E-state index in [1.165, 1.54) is 12.1 Å². The van der Waals surface area contributed by atoms with Gasteiger partial charge in [0.15, 0.2) is 0 Å². The molecule has 0 aliphatic heterocycles. The molecule has 0 saturated heterocycles. The quantitative estimate of drug-likeness (QED) is 0.651. The van der Waals surface area contributed by atoms with Crippen molar-refractivity contribution in [2.45, 2.75) is 19.0 Å². The lowest BCUT2D eigenvalue weighted by molar-refractivity contribution is 0.240. The van der Waals surface area contributed by atoms with Crippen molar-refractivity contribution in [3.05, 3.63) is 81.9 Å². The topological polar surface area (TPSA) is 65.1 Å². The van der Waals surface area contributed by atoms with Gasteiger partial charge in [-0.25, -0.2) is 4.39 Å². The largest absolute Gasteiger partial charge is 0.395 e. The van der Waals surface area contributed by atoms with Crippen LogP contribution in [0.15, 0.2) is 59.4 Å². The van der Waals surface area contributed by atoms with Crippen LogP contribution in [0.2, 0.25) is 0 Å². The van der Waals surface area contributed by atoms with Crippen LogP contribution in [0.5, 0.6) is 0 Å². The first-order valence-corrected chi connectivity index (χ1v) is 7.85. The SMILES string of the molecule is O=c1[nH]c2ccccc2cc1CNC(CO)Cc1ccc(F)cc1. The predicted molar refractivity (Wildman–Crippen MR) is 92.4 cm³/mol. The fourth-order valence-electron chi connectivity index (χ4n) is 2.68. The molecule has 0 saturated carbocycles. The molecular weight excluding hydrogens is 307 g/mol. The van der Waals surface area contributed by atoms with Gasteiger partial charge in [0.2, 0.25) is 0 Å². The minimum atomic E-state index is -0.282. The standard InChI is InChI=1S/C19H19FN2O2/c20-16-7-5-13(6-8-16)9-17(12-23)21-11-15-10-14-3-1-2-4-18(14)22-19(15)24/h1-8,10,17,21,23H,9,11-12H2,(H,22,24). The first-order valence-electron chi connectivity index (χ1n) is 7.85. The fraction of sp³-hybridized carbons (Fsp3) is 0.211. The van der Waals surface area contributed by atoms with Crippen LogP contribution in [0.4, 0.5) is 4.39 Å². The van der Waals surface area contributed by atoms with Gasteiger partial charge < -0.3 is 15.4 Å². The van der Waals surface area contributed by atoms with E-state index in [9.17, 15) is 14.3 Å². The molecule has 0 aliphatic rings. The summed E-state index contributed by atoms with van der Waals surface area (Å²) in [5.41, 5.74) is 2.21. The van der Waals surface area contributed by atoms with Crippen molar-refractivity contribution in [2.75, 3.05) is 6.61 Å². The van der Waals surface area contributed by atoms with Crippen molar-refractivity contribution >= 4 is 10.9 Å². The van der Waals surface area contributed by atoms with Gasteiger partial charge in [-0.3, -0.25) is 4.79 Å². The van der Waals surface area contributed by atoms with Crippen LogP contribution >= 0.6 is 0 Å². The molecule has 3 rings (SSSR count). The number of pyridine rings is 1. The molecule has 0 spiro atoms. The van der Waals surface area contributed by atoms with E-state index in [4.69, 9.17) is 0 Å². The molecule has 3 N–H and O–H groups in total. The van der Waals surface area contributed by atoms with Gasteiger partial charge in [0.05, 0.1) is 6.61 Å². The van der Waals surface area contributed by atoms with Crippen LogP contribution in [-0.4, -0.2) is 22.7 Å². The van der Waals surface area contributed by atoms with Crippen molar-refractivity contribution in [1.29, 1.82) is 0 Å². The minimum Gasteiger partial charge on any atom is -0.395 e. The van der Waals surface area contributed by atoms with E-state index >= 15 is 0 Å². The van der Waals surface area contributed by atoms with Crippen LogP contribution in [0.25, 0.3) is 10.9 Å². The Morgan fingerprint density at radius 1 is 1.12 bits per heavy atom. The summed E-state index contributed by atoms with van der Waals surface area (Å²) in [6.07, 6.45) is 0.558. The van der Waals surface area contributed by atoms with E-state index in [1.807, 2.05) is 30.3 Å². The molecule has 1 aromatic heterocycles. The van der Waals surface area contributed by atoms with Gasteiger partial charge in [0.25, 0.3) is 5.56 Å². The average molecular weight is 326 g/mol. The van der Waals surface area contributed by atoms with Crippen LogP contribution in [0.3, 0.4) is 0 Å². The van der Waals surface area contributed by atoms with Gasteiger partial charge in [-0.05, 0) is 41.6 Å². The Morgan fingerprint density at radius 3 is 2.62 bits per heavy atom. The van der Waals surface area contributed by atoms with Gasteiger partial charge in [-0.1, -0.05) is 30.3 Å². The third kappa shape index (κ3) is 3.88. The summed E-state index contributed by atoms with van der Waals surface area (Å²) in [5.74, 6) is -0.282. The van der Waals surface area contributed by atoms with Crippen molar-refractivity contribution in [1.82, 2.24) is 10.3 Å². The van der Waals surface area contributed by atoms with Crippen molar-refractivity contribution in [2.24, 2.45) is 0 Å². The van der Waals surface area contributed by atoms with Crippen LogP contribution in [-0.2, 0) is 13.0 Å². The molecule has 0 bridgehead atoms. The second-order valence-corrected chi connectivity index (χ2v) is 5.80. The Morgan fingerprint density at radius 2 is 1.88 bits per heavy atom. The number of aromatic nitrogens is 1. The summed E-state index contributed by atoms with van der Waals surface area (Å²) >= 11 is 0. The molecule has 2 aromatic carbocycles.